The molecule has 1 atom stereocenters. The molecule has 1 aromatic rings. The molecule has 15 heavy (non-hydrogen) atoms. The third-order valence-electron chi connectivity index (χ3n) is 2.50. The Morgan fingerprint density at radius 1 is 1.53 bits per heavy atom. The molecule has 0 aromatic carbocycles. The molecule has 3 heteroatoms. The lowest BCUT2D eigenvalue weighted by Crippen LogP contribution is -1.95. The molecular formula is C12H20N2O. The number of unbranched alkanes of at least 4 members (excludes halogenated alkanes) is 3. The second kappa shape index (κ2) is 6.40. The summed E-state index contributed by atoms with van der Waals surface area (Å²) in [7, 11) is 1.86. The molecule has 0 amide bonds. The van der Waals surface area contributed by atoms with Gasteiger partial charge in [-0.1, -0.05) is 18.9 Å². The van der Waals surface area contributed by atoms with Gasteiger partial charge in [0, 0.05) is 18.8 Å². The van der Waals surface area contributed by atoms with Crippen LogP contribution in [-0.2, 0) is 7.05 Å². The first kappa shape index (κ1) is 12.0. The lowest BCUT2D eigenvalue weighted by molar-refractivity contribution is 0.163. The van der Waals surface area contributed by atoms with Crippen LogP contribution in [0.1, 0.15) is 43.8 Å². The lowest BCUT2D eigenvalue weighted by atomic mass is 10.1. The van der Waals surface area contributed by atoms with Gasteiger partial charge in [-0.05, 0) is 19.3 Å². The van der Waals surface area contributed by atoms with Gasteiger partial charge in [0.1, 0.15) is 0 Å². The Balaban J connectivity index is 2.18. The maximum absolute atomic E-state index is 9.82. The Morgan fingerprint density at radius 3 is 2.93 bits per heavy atom. The van der Waals surface area contributed by atoms with E-state index in [1.807, 2.05) is 19.3 Å². The number of hydrogen-bond donors (Lipinski definition) is 1. The molecule has 0 spiro atoms. The Bertz CT molecular complexity index is 294. The summed E-state index contributed by atoms with van der Waals surface area (Å²) in [5.41, 5.74) is 0.918. The quantitative estimate of drug-likeness (QED) is 0.552. The molecule has 0 fully saturated rings. The molecule has 1 rings (SSSR count). The van der Waals surface area contributed by atoms with E-state index in [9.17, 15) is 5.11 Å². The van der Waals surface area contributed by atoms with Crippen molar-refractivity contribution in [1.82, 2.24) is 9.78 Å². The first-order valence-electron chi connectivity index (χ1n) is 5.51. The summed E-state index contributed by atoms with van der Waals surface area (Å²) in [6, 6.07) is 0. The van der Waals surface area contributed by atoms with Crippen LogP contribution in [-0.4, -0.2) is 14.9 Å². The van der Waals surface area contributed by atoms with E-state index in [0.717, 1.165) is 31.2 Å². The van der Waals surface area contributed by atoms with Gasteiger partial charge >= 0.3 is 0 Å². The van der Waals surface area contributed by atoms with Crippen molar-refractivity contribution in [3.8, 4) is 0 Å². The summed E-state index contributed by atoms with van der Waals surface area (Å²) in [5, 5.41) is 13.9. The molecular weight excluding hydrogens is 188 g/mol. The summed E-state index contributed by atoms with van der Waals surface area (Å²) in [5.74, 6) is 0. The van der Waals surface area contributed by atoms with Crippen LogP contribution in [0.15, 0.2) is 25.0 Å². The zero-order valence-electron chi connectivity index (χ0n) is 9.39. The molecule has 0 aliphatic rings. The zero-order valence-corrected chi connectivity index (χ0v) is 9.39. The Kier molecular flexibility index (Phi) is 5.12. The number of aliphatic hydroxyl groups is 1. The average molecular weight is 208 g/mol. The van der Waals surface area contributed by atoms with Gasteiger partial charge in [-0.25, -0.2) is 0 Å². The second-order valence-electron chi connectivity index (χ2n) is 3.89. The highest BCUT2D eigenvalue weighted by Gasteiger charge is 2.08. The predicted octanol–water partition coefficient (Wildman–Crippen LogP) is 2.59. The van der Waals surface area contributed by atoms with Crippen LogP contribution in [0.3, 0.4) is 0 Å². The van der Waals surface area contributed by atoms with Gasteiger partial charge in [0.2, 0.25) is 0 Å². The van der Waals surface area contributed by atoms with Crippen molar-refractivity contribution in [3.05, 3.63) is 30.6 Å². The molecule has 1 aromatic heterocycles. The van der Waals surface area contributed by atoms with Gasteiger partial charge in [0.25, 0.3) is 0 Å². The number of aliphatic hydroxyl groups excluding tert-OH is 1. The molecule has 1 unspecified atom stereocenters. The topological polar surface area (TPSA) is 38.1 Å². The molecule has 1 N–H and O–H groups in total. The molecule has 0 aliphatic heterocycles. The number of aryl methyl sites for hydroxylation is 1. The van der Waals surface area contributed by atoms with Gasteiger partial charge in [-0.15, -0.1) is 6.58 Å². The monoisotopic (exact) mass is 208 g/mol. The third-order valence-corrected chi connectivity index (χ3v) is 2.50. The summed E-state index contributed by atoms with van der Waals surface area (Å²) >= 11 is 0. The van der Waals surface area contributed by atoms with Crippen molar-refractivity contribution < 1.29 is 5.11 Å². The predicted molar refractivity (Wildman–Crippen MR) is 61.4 cm³/mol. The van der Waals surface area contributed by atoms with E-state index in [4.69, 9.17) is 0 Å². The maximum Gasteiger partial charge on any atom is 0.0820 e. The fourth-order valence-electron chi connectivity index (χ4n) is 1.58. The number of rotatable bonds is 7. The maximum atomic E-state index is 9.82. The number of aromatic nitrogens is 2. The van der Waals surface area contributed by atoms with Crippen LogP contribution < -0.4 is 0 Å². The molecule has 84 valence electrons. The van der Waals surface area contributed by atoms with Crippen molar-refractivity contribution in [3.63, 3.8) is 0 Å². The smallest absolute Gasteiger partial charge is 0.0820 e. The first-order valence-corrected chi connectivity index (χ1v) is 5.51. The minimum absolute atomic E-state index is 0.359. The molecule has 0 saturated heterocycles. The van der Waals surface area contributed by atoms with Crippen molar-refractivity contribution in [2.45, 2.75) is 38.2 Å². The van der Waals surface area contributed by atoms with Crippen LogP contribution >= 0.6 is 0 Å². The molecule has 0 saturated carbocycles. The van der Waals surface area contributed by atoms with Gasteiger partial charge in [0.15, 0.2) is 0 Å². The minimum atomic E-state index is -0.359. The van der Waals surface area contributed by atoms with E-state index in [2.05, 4.69) is 11.7 Å². The minimum Gasteiger partial charge on any atom is -0.388 e. The highest BCUT2D eigenvalue weighted by Crippen LogP contribution is 2.18. The highest BCUT2D eigenvalue weighted by atomic mass is 16.3. The van der Waals surface area contributed by atoms with Crippen LogP contribution in [0.5, 0.6) is 0 Å². The van der Waals surface area contributed by atoms with E-state index < -0.39 is 0 Å². The summed E-state index contributed by atoms with van der Waals surface area (Å²) < 4.78 is 1.72. The third kappa shape index (κ3) is 4.30. The molecule has 0 aliphatic carbocycles. The first-order chi connectivity index (χ1) is 7.24. The van der Waals surface area contributed by atoms with Crippen molar-refractivity contribution in [2.24, 2.45) is 7.05 Å². The lowest BCUT2D eigenvalue weighted by Gasteiger charge is -2.07. The van der Waals surface area contributed by atoms with Gasteiger partial charge < -0.3 is 5.11 Å². The van der Waals surface area contributed by atoms with Crippen molar-refractivity contribution in [2.75, 3.05) is 0 Å². The number of hydrogen-bond acceptors (Lipinski definition) is 2. The van der Waals surface area contributed by atoms with Crippen molar-refractivity contribution in [1.29, 1.82) is 0 Å². The fourth-order valence-corrected chi connectivity index (χ4v) is 1.58. The zero-order chi connectivity index (χ0) is 11.1. The summed E-state index contributed by atoms with van der Waals surface area (Å²) in [4.78, 5) is 0. The van der Waals surface area contributed by atoms with E-state index in [1.54, 1.807) is 10.9 Å². The van der Waals surface area contributed by atoms with Gasteiger partial charge in [-0.3, -0.25) is 4.68 Å². The molecule has 0 radical (unpaired) electrons. The Hall–Kier alpha value is -1.09. The summed E-state index contributed by atoms with van der Waals surface area (Å²) in [6.07, 6.45) is 10.5. The second-order valence-corrected chi connectivity index (χ2v) is 3.89. The molecule has 0 bridgehead atoms. The van der Waals surface area contributed by atoms with Gasteiger partial charge in [-0.2, -0.15) is 5.10 Å². The van der Waals surface area contributed by atoms with E-state index >= 15 is 0 Å². The summed E-state index contributed by atoms with van der Waals surface area (Å²) in [6.45, 7) is 3.68. The normalized spacial score (nSPS) is 12.7. The number of nitrogens with zero attached hydrogens (tertiary/aromatic N) is 2. The largest absolute Gasteiger partial charge is 0.388 e. The van der Waals surface area contributed by atoms with Crippen molar-refractivity contribution >= 4 is 0 Å². The average Bonchev–Trinajstić information content (AvgIpc) is 2.64. The van der Waals surface area contributed by atoms with Crippen LogP contribution in [0.25, 0.3) is 0 Å². The van der Waals surface area contributed by atoms with Crippen LogP contribution in [0, 0.1) is 0 Å². The van der Waals surface area contributed by atoms with E-state index in [1.165, 1.54) is 6.42 Å². The van der Waals surface area contributed by atoms with E-state index in [-0.39, 0.29) is 6.10 Å². The standard InChI is InChI=1S/C12H20N2O/c1-3-4-5-6-7-8-12(15)11-9-13-14(2)10-11/h3,9-10,12,15H,1,4-8H2,2H3. The highest BCUT2D eigenvalue weighted by molar-refractivity contribution is 5.07. The van der Waals surface area contributed by atoms with Crippen LogP contribution in [0.2, 0.25) is 0 Å². The van der Waals surface area contributed by atoms with E-state index in [0.29, 0.717) is 0 Å². The Morgan fingerprint density at radius 2 is 2.33 bits per heavy atom. The Labute approximate surface area is 91.4 Å². The van der Waals surface area contributed by atoms with Crippen LogP contribution in [0.4, 0.5) is 0 Å². The molecule has 3 nitrogen and oxygen atoms in total. The van der Waals surface area contributed by atoms with Gasteiger partial charge in [0.05, 0.1) is 12.3 Å². The number of allylic oxidation sites excluding steroid dienone is 1. The SMILES string of the molecule is C=CCCCCCC(O)c1cnn(C)c1. The molecule has 1 heterocycles. The fraction of sp³-hybridized carbons (Fsp3) is 0.583.